The van der Waals surface area contributed by atoms with E-state index in [2.05, 4.69) is 10.0 Å². The summed E-state index contributed by atoms with van der Waals surface area (Å²) < 4.78 is 25.2. The first-order valence-corrected chi connectivity index (χ1v) is 7.22. The van der Waals surface area contributed by atoms with Gasteiger partial charge in [-0.1, -0.05) is 0 Å². The first-order valence-electron chi connectivity index (χ1n) is 4.86. The van der Waals surface area contributed by atoms with Gasteiger partial charge in [-0.3, -0.25) is 0 Å². The van der Waals surface area contributed by atoms with Crippen molar-refractivity contribution in [2.45, 2.75) is 30.3 Å². The van der Waals surface area contributed by atoms with Gasteiger partial charge in [-0.15, -0.1) is 11.3 Å². The van der Waals surface area contributed by atoms with E-state index in [0.29, 0.717) is 10.9 Å². The summed E-state index contributed by atoms with van der Waals surface area (Å²) in [5.74, 6) is 0. The van der Waals surface area contributed by atoms with Crippen LogP contribution in [0.15, 0.2) is 16.3 Å². The Bertz CT molecular complexity index is 435. The second-order valence-corrected chi connectivity index (χ2v) is 6.49. The van der Waals surface area contributed by atoms with Crippen LogP contribution in [-0.2, 0) is 16.6 Å². The molecule has 1 fully saturated rings. The highest BCUT2D eigenvalue weighted by Gasteiger charge is 2.20. The predicted octanol–water partition coefficient (Wildman–Crippen LogP) is 0.908. The van der Waals surface area contributed by atoms with Crippen LogP contribution in [0.2, 0.25) is 0 Å². The van der Waals surface area contributed by atoms with Gasteiger partial charge in [0.2, 0.25) is 10.0 Å². The highest BCUT2D eigenvalue weighted by molar-refractivity contribution is 7.89. The van der Waals surface area contributed by atoms with E-state index in [0.717, 1.165) is 11.4 Å². The van der Waals surface area contributed by atoms with Gasteiger partial charge < -0.3 is 5.32 Å². The molecule has 2 N–H and O–H groups in total. The molecule has 1 heterocycles. The molecule has 0 atom stereocenters. The van der Waals surface area contributed by atoms with Crippen LogP contribution in [0.3, 0.4) is 0 Å². The molecule has 1 aliphatic rings. The molecule has 0 bridgehead atoms. The van der Waals surface area contributed by atoms with Crippen molar-refractivity contribution >= 4 is 21.4 Å². The van der Waals surface area contributed by atoms with Crippen molar-refractivity contribution in [1.82, 2.24) is 10.0 Å². The van der Waals surface area contributed by atoms with E-state index in [9.17, 15) is 8.42 Å². The lowest BCUT2D eigenvalue weighted by Gasteiger charge is -1.98. The van der Waals surface area contributed by atoms with Crippen LogP contribution in [0.1, 0.15) is 17.7 Å². The van der Waals surface area contributed by atoms with Crippen molar-refractivity contribution in [1.29, 1.82) is 0 Å². The fraction of sp³-hybridized carbons (Fsp3) is 0.556. The molecular formula is C9H14N2O2S2. The van der Waals surface area contributed by atoms with Crippen LogP contribution < -0.4 is 10.0 Å². The largest absolute Gasteiger partial charge is 0.309 e. The summed E-state index contributed by atoms with van der Waals surface area (Å²) in [6.45, 7) is 0.772. The maximum atomic E-state index is 11.4. The summed E-state index contributed by atoms with van der Waals surface area (Å²) >= 11 is 1.48. The predicted molar refractivity (Wildman–Crippen MR) is 60.4 cm³/mol. The molecule has 4 nitrogen and oxygen atoms in total. The second kappa shape index (κ2) is 4.21. The maximum absolute atomic E-state index is 11.4. The monoisotopic (exact) mass is 246 g/mol. The van der Waals surface area contributed by atoms with Crippen LogP contribution in [0.25, 0.3) is 0 Å². The highest BCUT2D eigenvalue weighted by atomic mass is 32.2. The molecule has 0 aromatic carbocycles. The molecular weight excluding hydrogens is 232 g/mol. The van der Waals surface area contributed by atoms with E-state index in [4.69, 9.17) is 0 Å². The molecule has 0 unspecified atom stereocenters. The second-order valence-electron chi connectivity index (χ2n) is 3.61. The Hall–Kier alpha value is -0.430. The molecule has 1 aliphatic carbocycles. The van der Waals surface area contributed by atoms with E-state index >= 15 is 0 Å². The van der Waals surface area contributed by atoms with Gasteiger partial charge in [0.1, 0.15) is 0 Å². The normalized spacial score (nSPS) is 16.9. The number of nitrogens with one attached hydrogen (secondary N) is 2. The topological polar surface area (TPSA) is 58.2 Å². The van der Waals surface area contributed by atoms with Crippen LogP contribution in [0.5, 0.6) is 0 Å². The highest BCUT2D eigenvalue weighted by Crippen LogP contribution is 2.22. The van der Waals surface area contributed by atoms with E-state index in [-0.39, 0.29) is 0 Å². The fourth-order valence-corrected chi connectivity index (χ4v) is 3.20. The third-order valence-corrected chi connectivity index (χ3v) is 4.83. The van der Waals surface area contributed by atoms with Gasteiger partial charge in [-0.25, -0.2) is 13.1 Å². The Kier molecular flexibility index (Phi) is 3.11. The number of hydrogen-bond donors (Lipinski definition) is 2. The summed E-state index contributed by atoms with van der Waals surface area (Å²) in [6, 6.07) is 2.38. The lowest BCUT2D eigenvalue weighted by atomic mass is 10.4. The first kappa shape index (κ1) is 11.1. The van der Waals surface area contributed by atoms with Crippen LogP contribution in [-0.4, -0.2) is 21.5 Å². The lowest BCUT2D eigenvalue weighted by molar-refractivity contribution is 0.588. The van der Waals surface area contributed by atoms with E-state index in [1.807, 2.05) is 0 Å². The first-order chi connectivity index (χ1) is 7.12. The number of thiophene rings is 1. The minimum Gasteiger partial charge on any atom is -0.309 e. The quantitative estimate of drug-likeness (QED) is 0.812. The molecule has 0 radical (unpaired) electrons. The van der Waals surface area contributed by atoms with Crippen LogP contribution >= 0.6 is 11.3 Å². The zero-order valence-electron chi connectivity index (χ0n) is 8.49. The Balaban J connectivity index is 2.02. The Labute approximate surface area is 93.8 Å². The third kappa shape index (κ3) is 2.78. The van der Waals surface area contributed by atoms with Gasteiger partial charge in [0.25, 0.3) is 0 Å². The van der Waals surface area contributed by atoms with Gasteiger partial charge in [0, 0.05) is 22.8 Å². The summed E-state index contributed by atoms with van der Waals surface area (Å²) in [5.41, 5.74) is 0. The molecule has 1 aromatic rings. The van der Waals surface area contributed by atoms with Gasteiger partial charge in [-0.2, -0.15) is 0 Å². The average Bonchev–Trinajstić information content (AvgIpc) is 2.92. The Morgan fingerprint density at radius 1 is 1.53 bits per heavy atom. The maximum Gasteiger partial charge on any atom is 0.241 e. The van der Waals surface area contributed by atoms with Gasteiger partial charge in [0.05, 0.1) is 4.90 Å². The van der Waals surface area contributed by atoms with Gasteiger partial charge >= 0.3 is 0 Å². The standard InChI is InChI=1S/C9H14N2O2S2/c1-10-15(12,13)9-4-8(14-6-9)5-11-7-2-3-7/h4,6-7,10-11H,2-3,5H2,1H3. The molecule has 0 aliphatic heterocycles. The zero-order chi connectivity index (χ0) is 10.9. The van der Waals surface area contributed by atoms with E-state index < -0.39 is 10.0 Å². The molecule has 2 rings (SSSR count). The van der Waals surface area contributed by atoms with Crippen molar-refractivity contribution in [2.75, 3.05) is 7.05 Å². The minimum absolute atomic E-state index is 0.364. The van der Waals surface area contributed by atoms with E-state index in [1.54, 1.807) is 11.4 Å². The van der Waals surface area contributed by atoms with Crippen molar-refractivity contribution in [3.05, 3.63) is 16.3 Å². The molecule has 0 amide bonds. The van der Waals surface area contributed by atoms with E-state index in [1.165, 1.54) is 31.2 Å². The minimum atomic E-state index is -3.27. The number of hydrogen-bond acceptors (Lipinski definition) is 4. The zero-order valence-corrected chi connectivity index (χ0v) is 10.1. The lowest BCUT2D eigenvalue weighted by Crippen LogP contribution is -2.18. The molecule has 6 heteroatoms. The van der Waals surface area contributed by atoms with Gasteiger partial charge in [0.15, 0.2) is 0 Å². The molecule has 1 aromatic heterocycles. The summed E-state index contributed by atoms with van der Waals surface area (Å²) in [7, 11) is -1.84. The molecule has 0 spiro atoms. The van der Waals surface area contributed by atoms with Crippen LogP contribution in [0, 0.1) is 0 Å². The van der Waals surface area contributed by atoms with Crippen molar-refractivity contribution < 1.29 is 8.42 Å². The van der Waals surface area contributed by atoms with Gasteiger partial charge in [-0.05, 0) is 26.0 Å². The number of sulfonamides is 1. The third-order valence-electron chi connectivity index (χ3n) is 2.35. The van der Waals surface area contributed by atoms with Crippen LogP contribution in [0.4, 0.5) is 0 Å². The summed E-state index contributed by atoms with van der Waals surface area (Å²) in [4.78, 5) is 1.43. The number of rotatable bonds is 5. The SMILES string of the molecule is CNS(=O)(=O)c1csc(CNC2CC2)c1. The van der Waals surface area contributed by atoms with Crippen molar-refractivity contribution in [3.8, 4) is 0 Å². The molecule has 0 saturated heterocycles. The average molecular weight is 246 g/mol. The van der Waals surface area contributed by atoms with Crippen molar-refractivity contribution in [3.63, 3.8) is 0 Å². The summed E-state index contributed by atoms with van der Waals surface area (Å²) in [6.07, 6.45) is 2.49. The fourth-order valence-electron chi connectivity index (χ4n) is 1.24. The van der Waals surface area contributed by atoms with Crippen molar-refractivity contribution in [2.24, 2.45) is 0 Å². The molecule has 15 heavy (non-hydrogen) atoms. The molecule has 84 valence electrons. The summed E-state index contributed by atoms with van der Waals surface area (Å²) in [5, 5.41) is 5.03. The Morgan fingerprint density at radius 2 is 2.27 bits per heavy atom. The molecule has 1 saturated carbocycles. The Morgan fingerprint density at radius 3 is 2.87 bits per heavy atom. The smallest absolute Gasteiger partial charge is 0.241 e.